The van der Waals surface area contributed by atoms with Gasteiger partial charge in [-0.3, -0.25) is 0 Å². The van der Waals surface area contributed by atoms with Gasteiger partial charge in [-0.25, -0.2) is 15.0 Å². The molecule has 5 aliphatic rings. The fraction of sp³-hybridized carbons (Fsp3) is 0.204. The van der Waals surface area contributed by atoms with Crippen molar-refractivity contribution in [2.75, 3.05) is 0 Å². The summed E-state index contributed by atoms with van der Waals surface area (Å²) >= 11 is 0. The van der Waals surface area contributed by atoms with Gasteiger partial charge in [-0.2, -0.15) is 0 Å². The molecule has 6 aromatic carbocycles. The minimum atomic E-state index is 0.00129. The lowest BCUT2D eigenvalue weighted by atomic mass is 9.42. The van der Waals surface area contributed by atoms with E-state index in [2.05, 4.69) is 140 Å². The number of nitrogens with zero attached hydrogens (tertiary/aromatic N) is 3. The Bertz CT molecular complexity index is 2380. The molecular formula is C49H39N3O. The Morgan fingerprint density at radius 3 is 1.40 bits per heavy atom. The summed E-state index contributed by atoms with van der Waals surface area (Å²) in [6.45, 7) is 0. The van der Waals surface area contributed by atoms with Gasteiger partial charge in [0.15, 0.2) is 17.5 Å². The van der Waals surface area contributed by atoms with Crippen LogP contribution in [0.2, 0.25) is 0 Å². The molecule has 1 aromatic heterocycles. The maximum absolute atomic E-state index is 6.86. The van der Waals surface area contributed by atoms with E-state index in [0.29, 0.717) is 29.3 Å². The van der Waals surface area contributed by atoms with Crippen molar-refractivity contribution < 1.29 is 4.74 Å². The lowest BCUT2D eigenvalue weighted by Crippen LogP contribution is -2.56. The molecule has 4 heteroatoms. The SMILES string of the molecule is c1ccc(-c2cccc(-c3nc(-c4cccc(-c5ccccc5)c4)nc(-c4ccc5c(c4)Oc4ccccc4C54C5CC6CC(C5)CC4C6)n3)c2)cc1. The molecule has 0 radical (unpaired) electrons. The molecule has 256 valence electrons. The van der Waals surface area contributed by atoms with Crippen LogP contribution in [-0.4, -0.2) is 15.0 Å². The molecule has 0 saturated heterocycles. The molecule has 4 bridgehead atoms. The van der Waals surface area contributed by atoms with Crippen molar-refractivity contribution in [2.45, 2.75) is 37.5 Å². The van der Waals surface area contributed by atoms with E-state index < -0.39 is 0 Å². The zero-order chi connectivity index (χ0) is 34.9. The number of fused-ring (bicyclic) bond motifs is 2. The van der Waals surface area contributed by atoms with Gasteiger partial charge in [0.1, 0.15) is 11.5 Å². The molecule has 0 amide bonds. The van der Waals surface area contributed by atoms with Crippen LogP contribution in [0.1, 0.15) is 43.2 Å². The van der Waals surface area contributed by atoms with Crippen LogP contribution in [0.4, 0.5) is 0 Å². The zero-order valence-corrected chi connectivity index (χ0v) is 29.5. The summed E-state index contributed by atoms with van der Waals surface area (Å²) in [7, 11) is 0. The standard InChI is InChI=1S/C49H39N3O/c1-3-11-33(12-4-1)35-15-9-17-37(28-35)46-50-47(38-18-10-16-36(29-38)34-13-5-2-6-14-34)52-48(51-46)39-21-22-43-45(30-39)53-44-20-8-7-19-42(44)49(43)40-24-31-23-32(26-40)27-41(49)25-31/h1-22,28-32,40-41H,23-27H2. The third-order valence-electron chi connectivity index (χ3n) is 12.8. The van der Waals surface area contributed by atoms with Crippen LogP contribution in [0.25, 0.3) is 56.4 Å². The minimum Gasteiger partial charge on any atom is -0.457 e. The number of para-hydroxylation sites is 1. The van der Waals surface area contributed by atoms with E-state index in [4.69, 9.17) is 19.7 Å². The molecule has 0 N–H and O–H groups in total. The first-order valence-corrected chi connectivity index (χ1v) is 19.2. The first kappa shape index (κ1) is 30.7. The largest absolute Gasteiger partial charge is 0.457 e. The highest BCUT2D eigenvalue weighted by Gasteiger charge is 2.61. The van der Waals surface area contributed by atoms with Crippen molar-refractivity contribution in [3.8, 4) is 67.9 Å². The highest BCUT2D eigenvalue weighted by molar-refractivity contribution is 5.75. The number of hydrogen-bond donors (Lipinski definition) is 0. The molecule has 4 fully saturated rings. The summed E-state index contributed by atoms with van der Waals surface area (Å²) in [5.74, 6) is 6.96. The summed E-state index contributed by atoms with van der Waals surface area (Å²) in [4.78, 5) is 15.6. The van der Waals surface area contributed by atoms with Crippen molar-refractivity contribution in [3.63, 3.8) is 0 Å². The molecule has 1 aliphatic heterocycles. The average molecular weight is 686 g/mol. The minimum absolute atomic E-state index is 0.00129. The van der Waals surface area contributed by atoms with Crippen LogP contribution in [-0.2, 0) is 5.41 Å². The topological polar surface area (TPSA) is 47.9 Å². The van der Waals surface area contributed by atoms with Gasteiger partial charge in [0.2, 0.25) is 0 Å². The highest BCUT2D eigenvalue weighted by atomic mass is 16.5. The van der Waals surface area contributed by atoms with Crippen molar-refractivity contribution >= 4 is 0 Å². The smallest absolute Gasteiger partial charge is 0.164 e. The summed E-state index contributed by atoms with van der Waals surface area (Å²) in [5, 5.41) is 0. The predicted octanol–water partition coefficient (Wildman–Crippen LogP) is 12.1. The molecule has 4 saturated carbocycles. The maximum atomic E-state index is 6.86. The van der Waals surface area contributed by atoms with Gasteiger partial charge in [0.05, 0.1) is 0 Å². The molecule has 1 spiro atoms. The normalized spacial score (nSPS) is 23.3. The van der Waals surface area contributed by atoms with E-state index in [0.717, 1.165) is 62.3 Å². The summed E-state index contributed by atoms with van der Waals surface area (Å²) < 4.78 is 6.86. The molecule has 12 rings (SSSR count). The third-order valence-corrected chi connectivity index (χ3v) is 12.8. The van der Waals surface area contributed by atoms with Gasteiger partial charge in [-0.05, 0) is 102 Å². The van der Waals surface area contributed by atoms with Crippen molar-refractivity contribution in [1.82, 2.24) is 15.0 Å². The van der Waals surface area contributed by atoms with Gasteiger partial charge in [0.25, 0.3) is 0 Å². The van der Waals surface area contributed by atoms with Gasteiger partial charge in [0, 0.05) is 33.2 Å². The summed E-state index contributed by atoms with van der Waals surface area (Å²) in [6.07, 6.45) is 6.73. The van der Waals surface area contributed by atoms with Gasteiger partial charge in [-0.15, -0.1) is 0 Å². The van der Waals surface area contributed by atoms with Crippen LogP contribution < -0.4 is 4.74 Å². The van der Waals surface area contributed by atoms with Crippen LogP contribution in [0.5, 0.6) is 11.5 Å². The van der Waals surface area contributed by atoms with Crippen LogP contribution in [0.15, 0.2) is 152 Å². The van der Waals surface area contributed by atoms with Crippen LogP contribution in [0, 0.1) is 23.7 Å². The van der Waals surface area contributed by atoms with Crippen molar-refractivity contribution in [2.24, 2.45) is 23.7 Å². The van der Waals surface area contributed by atoms with Crippen molar-refractivity contribution in [1.29, 1.82) is 0 Å². The number of aromatic nitrogens is 3. The third kappa shape index (κ3) is 4.99. The Kier molecular flexibility index (Phi) is 7.01. The lowest BCUT2D eigenvalue weighted by Gasteiger charge is -2.63. The number of hydrogen-bond acceptors (Lipinski definition) is 4. The van der Waals surface area contributed by atoms with Gasteiger partial charge < -0.3 is 4.74 Å². The Morgan fingerprint density at radius 2 is 0.830 bits per heavy atom. The Morgan fingerprint density at radius 1 is 0.377 bits per heavy atom. The van der Waals surface area contributed by atoms with Crippen molar-refractivity contribution in [3.05, 3.63) is 163 Å². The average Bonchev–Trinajstić information content (AvgIpc) is 3.22. The lowest BCUT2D eigenvalue weighted by molar-refractivity contribution is -0.0452. The van der Waals surface area contributed by atoms with Gasteiger partial charge in [-0.1, -0.05) is 127 Å². The molecule has 7 aromatic rings. The monoisotopic (exact) mass is 685 g/mol. The van der Waals surface area contributed by atoms with E-state index in [1.165, 1.54) is 43.2 Å². The van der Waals surface area contributed by atoms with Gasteiger partial charge >= 0.3 is 0 Å². The molecule has 53 heavy (non-hydrogen) atoms. The van der Waals surface area contributed by atoms with E-state index in [9.17, 15) is 0 Å². The molecule has 4 aliphatic carbocycles. The zero-order valence-electron chi connectivity index (χ0n) is 29.5. The molecular weight excluding hydrogens is 647 g/mol. The van der Waals surface area contributed by atoms with E-state index in [1.807, 2.05) is 12.1 Å². The molecule has 0 atom stereocenters. The summed E-state index contributed by atoms with van der Waals surface area (Å²) in [5.41, 5.74) is 10.2. The summed E-state index contributed by atoms with van der Waals surface area (Å²) in [6, 6.07) is 53.6. The number of ether oxygens (including phenoxy) is 1. The fourth-order valence-electron chi connectivity index (χ4n) is 10.8. The highest BCUT2D eigenvalue weighted by Crippen LogP contribution is 2.68. The first-order valence-electron chi connectivity index (χ1n) is 19.2. The Hall–Kier alpha value is -5.87. The quantitative estimate of drug-likeness (QED) is 0.181. The number of rotatable bonds is 5. The van der Waals surface area contributed by atoms with E-state index in [-0.39, 0.29) is 5.41 Å². The van der Waals surface area contributed by atoms with E-state index >= 15 is 0 Å². The Balaban J connectivity index is 1.07. The fourth-order valence-corrected chi connectivity index (χ4v) is 10.8. The van der Waals surface area contributed by atoms with Crippen LogP contribution >= 0.6 is 0 Å². The second-order valence-corrected chi connectivity index (χ2v) is 15.7. The molecule has 2 heterocycles. The number of benzene rings is 6. The second kappa shape index (κ2) is 12.1. The van der Waals surface area contributed by atoms with Crippen LogP contribution in [0.3, 0.4) is 0 Å². The Labute approximate surface area is 310 Å². The predicted molar refractivity (Wildman–Crippen MR) is 211 cm³/mol. The molecule has 0 unspecified atom stereocenters. The second-order valence-electron chi connectivity index (χ2n) is 15.7. The first-order chi connectivity index (χ1) is 26.2. The molecule has 4 nitrogen and oxygen atoms in total. The van der Waals surface area contributed by atoms with E-state index in [1.54, 1.807) is 0 Å². The maximum Gasteiger partial charge on any atom is 0.164 e.